The van der Waals surface area contributed by atoms with Gasteiger partial charge >= 0.3 is 10.3 Å². The molecule has 5 N–H and O–H groups in total. The van der Waals surface area contributed by atoms with Crippen molar-refractivity contribution >= 4 is 27.2 Å². The van der Waals surface area contributed by atoms with E-state index in [1.54, 1.807) is 6.92 Å². The van der Waals surface area contributed by atoms with Crippen LogP contribution in [0.15, 0.2) is 6.33 Å². The minimum absolute atomic E-state index is 0.173. The van der Waals surface area contributed by atoms with Gasteiger partial charge in [0, 0.05) is 0 Å². The summed E-state index contributed by atoms with van der Waals surface area (Å²) in [5.74, 6) is 0.173. The van der Waals surface area contributed by atoms with Crippen LogP contribution in [-0.4, -0.2) is 58.3 Å². The highest BCUT2D eigenvalue weighted by Gasteiger charge is 2.47. The molecule has 1 saturated heterocycles. The fraction of sp³-hybridized carbons (Fsp3) is 0.545. The van der Waals surface area contributed by atoms with Gasteiger partial charge in [0.15, 0.2) is 18.0 Å². The van der Waals surface area contributed by atoms with Crippen molar-refractivity contribution in [3.8, 4) is 0 Å². The lowest BCUT2D eigenvalue weighted by atomic mass is 10.1. The predicted molar refractivity (Wildman–Crippen MR) is 78.3 cm³/mol. The quantitative estimate of drug-likeness (QED) is 0.588. The molecular weight excluding hydrogens is 347 g/mol. The van der Waals surface area contributed by atoms with Crippen LogP contribution in [0.5, 0.6) is 0 Å². The highest BCUT2D eigenvalue weighted by molar-refractivity contribution is 7.84. The molecule has 2 aromatic heterocycles. The molecule has 0 radical (unpaired) electrons. The molecule has 132 valence electrons. The van der Waals surface area contributed by atoms with Crippen LogP contribution in [0.4, 0.5) is 10.2 Å². The van der Waals surface area contributed by atoms with E-state index in [1.165, 1.54) is 6.33 Å². The number of rotatable bonds is 4. The van der Waals surface area contributed by atoms with Crippen LogP contribution in [0, 0.1) is 6.92 Å². The molecule has 0 aromatic carbocycles. The summed E-state index contributed by atoms with van der Waals surface area (Å²) in [6.45, 7) is 1.00. The monoisotopic (exact) mass is 362 g/mol. The maximum absolute atomic E-state index is 14.4. The molecular formula is C11H15FN6O5S. The fourth-order valence-corrected chi connectivity index (χ4v) is 2.87. The summed E-state index contributed by atoms with van der Waals surface area (Å²) in [4.78, 5) is 7.85. The molecule has 1 aliphatic heterocycles. The third-order valence-electron chi connectivity index (χ3n) is 3.62. The second-order valence-corrected chi connectivity index (χ2v) is 6.49. The number of aliphatic hydroxyl groups excluding tert-OH is 1. The Morgan fingerprint density at radius 2 is 2.21 bits per heavy atom. The van der Waals surface area contributed by atoms with Gasteiger partial charge < -0.3 is 15.6 Å². The van der Waals surface area contributed by atoms with E-state index < -0.39 is 41.5 Å². The number of halogens is 1. The van der Waals surface area contributed by atoms with E-state index in [0.29, 0.717) is 11.1 Å². The average molecular weight is 362 g/mol. The average Bonchev–Trinajstić information content (AvgIpc) is 2.96. The van der Waals surface area contributed by atoms with Crippen molar-refractivity contribution in [2.45, 2.75) is 31.5 Å². The largest absolute Gasteiger partial charge is 0.387 e. The van der Waals surface area contributed by atoms with Gasteiger partial charge in [0.2, 0.25) is 0 Å². The van der Waals surface area contributed by atoms with Crippen LogP contribution >= 0.6 is 0 Å². The molecule has 24 heavy (non-hydrogen) atoms. The van der Waals surface area contributed by atoms with Gasteiger partial charge in [-0.25, -0.2) is 24.2 Å². The van der Waals surface area contributed by atoms with E-state index in [1.807, 2.05) is 0 Å². The van der Waals surface area contributed by atoms with E-state index in [2.05, 4.69) is 19.2 Å². The van der Waals surface area contributed by atoms with Crippen molar-refractivity contribution in [3.05, 3.63) is 12.0 Å². The lowest BCUT2D eigenvalue weighted by molar-refractivity contribution is -0.0453. The summed E-state index contributed by atoms with van der Waals surface area (Å²) in [5, 5.41) is 19.2. The number of nitrogens with two attached hydrogens (primary N) is 2. The van der Waals surface area contributed by atoms with Crippen molar-refractivity contribution in [2.75, 3.05) is 12.3 Å². The van der Waals surface area contributed by atoms with E-state index in [-0.39, 0.29) is 11.5 Å². The number of aromatic nitrogens is 4. The molecule has 0 spiro atoms. The summed E-state index contributed by atoms with van der Waals surface area (Å²) in [5.41, 5.74) is 6.45. The number of hydrogen-bond acceptors (Lipinski definition) is 9. The van der Waals surface area contributed by atoms with Gasteiger partial charge in [-0.2, -0.15) is 13.5 Å². The van der Waals surface area contributed by atoms with E-state index >= 15 is 0 Å². The van der Waals surface area contributed by atoms with Crippen molar-refractivity contribution in [1.82, 2.24) is 19.7 Å². The van der Waals surface area contributed by atoms with E-state index in [0.717, 1.165) is 4.68 Å². The maximum Gasteiger partial charge on any atom is 0.333 e. The molecule has 0 bridgehead atoms. The summed E-state index contributed by atoms with van der Waals surface area (Å²) in [6.07, 6.45) is -4.91. The number of alkyl halides is 1. The summed E-state index contributed by atoms with van der Waals surface area (Å²) in [7, 11) is -4.24. The molecule has 0 saturated carbocycles. The van der Waals surface area contributed by atoms with Crippen molar-refractivity contribution in [1.29, 1.82) is 0 Å². The molecule has 0 aliphatic carbocycles. The first-order valence-corrected chi connectivity index (χ1v) is 8.26. The van der Waals surface area contributed by atoms with Gasteiger partial charge in [-0.05, 0) is 6.92 Å². The number of aryl methyl sites for hydroxylation is 1. The van der Waals surface area contributed by atoms with Crippen LogP contribution in [0.3, 0.4) is 0 Å². The Morgan fingerprint density at radius 3 is 2.88 bits per heavy atom. The van der Waals surface area contributed by atoms with Crippen LogP contribution in [0.2, 0.25) is 0 Å². The Morgan fingerprint density at radius 1 is 1.50 bits per heavy atom. The van der Waals surface area contributed by atoms with Crippen LogP contribution in [0.1, 0.15) is 11.9 Å². The molecule has 0 amide bonds. The second kappa shape index (κ2) is 5.86. The van der Waals surface area contributed by atoms with Gasteiger partial charge in [-0.3, -0.25) is 4.18 Å². The lowest BCUT2D eigenvalue weighted by Crippen LogP contribution is -2.33. The Hall–Kier alpha value is -1.93. The first-order chi connectivity index (χ1) is 11.2. The zero-order chi connectivity index (χ0) is 17.6. The number of hydrogen-bond donors (Lipinski definition) is 3. The van der Waals surface area contributed by atoms with Gasteiger partial charge in [-0.1, -0.05) is 0 Å². The SMILES string of the molecule is Cc1nn([C@@H]2O[C@H](COS(N)(=O)=O)[C@@H](O)[C@@H]2F)c2ncnc(N)c12. The van der Waals surface area contributed by atoms with Gasteiger partial charge in [-0.15, -0.1) is 0 Å². The Labute approximate surface area is 135 Å². The highest BCUT2D eigenvalue weighted by Crippen LogP contribution is 2.34. The highest BCUT2D eigenvalue weighted by atomic mass is 32.2. The van der Waals surface area contributed by atoms with Gasteiger partial charge in [0.1, 0.15) is 24.4 Å². The Balaban J connectivity index is 1.92. The molecule has 1 fully saturated rings. The Kier molecular flexibility index (Phi) is 4.13. The Bertz CT molecular complexity index is 873. The molecule has 0 unspecified atom stereocenters. The molecule has 2 aromatic rings. The molecule has 11 nitrogen and oxygen atoms in total. The topological polar surface area (TPSA) is 168 Å². The number of aliphatic hydroxyl groups is 1. The number of fused-ring (bicyclic) bond motifs is 1. The molecule has 3 heterocycles. The molecule has 3 rings (SSSR count). The predicted octanol–water partition coefficient (Wildman–Crippen LogP) is -1.47. The first-order valence-electron chi connectivity index (χ1n) is 6.79. The van der Waals surface area contributed by atoms with Crippen molar-refractivity contribution in [3.63, 3.8) is 0 Å². The van der Waals surface area contributed by atoms with E-state index in [9.17, 15) is 17.9 Å². The summed E-state index contributed by atoms with van der Waals surface area (Å²) < 4.78 is 46.9. The van der Waals surface area contributed by atoms with E-state index in [4.69, 9.17) is 15.6 Å². The summed E-state index contributed by atoms with van der Waals surface area (Å²) in [6, 6.07) is 0. The third kappa shape index (κ3) is 2.91. The number of anilines is 1. The van der Waals surface area contributed by atoms with Crippen LogP contribution in [-0.2, 0) is 19.2 Å². The third-order valence-corrected chi connectivity index (χ3v) is 4.09. The van der Waals surface area contributed by atoms with Crippen molar-refractivity contribution < 1.29 is 26.8 Å². The fourth-order valence-electron chi connectivity index (χ4n) is 2.55. The second-order valence-electron chi connectivity index (χ2n) is 5.26. The standard InChI is InChI=1S/C11H15FN6O5S/c1-4-6-9(13)15-3-16-10(6)18(17-4)11-7(12)8(19)5(23-11)2-22-24(14,20)21/h3,5,7-8,11,19H,2H2,1H3,(H2,13,15,16)(H2,14,20,21)/t5-,7+,8-,11-/m1/s1. The smallest absolute Gasteiger partial charge is 0.333 e. The molecule has 4 atom stereocenters. The summed E-state index contributed by atoms with van der Waals surface area (Å²) >= 11 is 0. The zero-order valence-corrected chi connectivity index (χ0v) is 13.2. The minimum atomic E-state index is -4.24. The van der Waals surface area contributed by atoms with Crippen molar-refractivity contribution in [2.24, 2.45) is 5.14 Å². The number of nitrogens with zero attached hydrogens (tertiary/aromatic N) is 4. The lowest BCUT2D eigenvalue weighted by Gasteiger charge is -2.14. The van der Waals surface area contributed by atoms with Crippen LogP contribution < -0.4 is 10.9 Å². The number of nitrogen functional groups attached to an aromatic ring is 1. The number of ether oxygens (including phenoxy) is 1. The zero-order valence-electron chi connectivity index (χ0n) is 12.4. The normalized spacial score (nSPS) is 27.8. The molecule has 1 aliphatic rings. The first kappa shape index (κ1) is 16.9. The molecule has 13 heteroatoms. The maximum atomic E-state index is 14.4. The van der Waals surface area contributed by atoms with Gasteiger partial charge in [0.25, 0.3) is 0 Å². The van der Waals surface area contributed by atoms with Gasteiger partial charge in [0.05, 0.1) is 17.7 Å². The minimum Gasteiger partial charge on any atom is -0.387 e. The van der Waals surface area contributed by atoms with Crippen LogP contribution in [0.25, 0.3) is 11.0 Å².